The molecule has 6 nitrogen and oxygen atoms in total. The topological polar surface area (TPSA) is 84.2 Å². The molecule has 0 atom stereocenters. The summed E-state index contributed by atoms with van der Waals surface area (Å²) in [6.45, 7) is 1.41. The van der Waals surface area contributed by atoms with E-state index >= 15 is 0 Å². The number of benzene rings is 2. The maximum absolute atomic E-state index is 14.8. The first-order valence-electron chi connectivity index (χ1n) is 8.19. The van der Waals surface area contributed by atoms with E-state index in [9.17, 15) is 21.6 Å². The lowest BCUT2D eigenvalue weighted by atomic mass is 10.2. The molecule has 0 unspecified atom stereocenters. The number of nitrogens with one attached hydrogen (secondary N) is 2. The highest BCUT2D eigenvalue weighted by molar-refractivity contribution is 9.10. The molecule has 0 aliphatic heterocycles. The average molecular weight is 476 g/mol. The van der Waals surface area contributed by atoms with Crippen LogP contribution in [0.1, 0.15) is 18.7 Å². The second-order valence-corrected chi connectivity index (χ2v) is 9.26. The highest BCUT2D eigenvalue weighted by Gasteiger charge is 2.38. The Morgan fingerprint density at radius 3 is 2.54 bits per heavy atom. The van der Waals surface area contributed by atoms with Gasteiger partial charge in [-0.1, -0.05) is 15.9 Å². The highest BCUT2D eigenvalue weighted by Crippen LogP contribution is 2.41. The van der Waals surface area contributed by atoms with E-state index in [2.05, 4.69) is 31.0 Å². The molecule has 3 aromatic rings. The van der Waals surface area contributed by atoms with E-state index in [0.717, 1.165) is 6.07 Å². The van der Waals surface area contributed by atoms with Crippen molar-refractivity contribution in [2.24, 2.45) is 0 Å². The van der Waals surface area contributed by atoms with Gasteiger partial charge in [0.2, 0.25) is 10.0 Å². The number of rotatable bonds is 5. The molecule has 1 aliphatic rings. The number of hydrogen-bond acceptors (Lipinski definition) is 5. The molecule has 0 spiro atoms. The van der Waals surface area contributed by atoms with E-state index in [0.29, 0.717) is 17.3 Å². The molecule has 4 rings (SSSR count). The largest absolute Gasteiger partial charge is 0.439 e. The van der Waals surface area contributed by atoms with Crippen LogP contribution in [0.25, 0.3) is 11.1 Å². The average Bonchev–Trinajstić information content (AvgIpc) is 3.41. The molecular weight excluding hydrogens is 463 g/mol. The molecule has 11 heteroatoms. The van der Waals surface area contributed by atoms with Gasteiger partial charge in [0.05, 0.1) is 10.9 Å². The van der Waals surface area contributed by atoms with Crippen LogP contribution in [-0.2, 0) is 10.0 Å². The first-order chi connectivity index (χ1) is 13.2. The Kier molecular flexibility index (Phi) is 4.53. The highest BCUT2D eigenvalue weighted by atomic mass is 79.9. The first kappa shape index (κ1) is 19.1. The van der Waals surface area contributed by atoms with E-state index in [-0.39, 0.29) is 22.8 Å². The minimum absolute atomic E-state index is 0.0205. The summed E-state index contributed by atoms with van der Waals surface area (Å²) in [5, 5.41) is 1.81. The number of sulfonamides is 1. The van der Waals surface area contributed by atoms with Gasteiger partial charge in [0.25, 0.3) is 0 Å². The number of hydrogen-bond donors (Lipinski definition) is 2. The number of aromatic nitrogens is 1. The van der Waals surface area contributed by atoms with Crippen LogP contribution in [0.5, 0.6) is 0 Å². The van der Waals surface area contributed by atoms with E-state index in [1.54, 1.807) is 0 Å². The minimum atomic E-state index is -3.85. The zero-order chi connectivity index (χ0) is 20.2. The van der Waals surface area contributed by atoms with Crippen LogP contribution in [-0.4, -0.2) is 18.7 Å². The van der Waals surface area contributed by atoms with Crippen molar-refractivity contribution in [2.45, 2.75) is 25.0 Å². The summed E-state index contributed by atoms with van der Waals surface area (Å²) in [6, 6.07) is 3.92. The zero-order valence-electron chi connectivity index (χ0n) is 14.3. The molecule has 1 aliphatic carbocycles. The molecule has 1 aromatic heterocycles. The quantitative estimate of drug-likeness (QED) is 0.544. The van der Waals surface area contributed by atoms with Gasteiger partial charge < -0.3 is 9.73 Å². The second-order valence-electron chi connectivity index (χ2n) is 6.38. The van der Waals surface area contributed by atoms with Crippen molar-refractivity contribution < 1.29 is 26.0 Å². The lowest BCUT2D eigenvalue weighted by molar-refractivity contribution is 0.517. The second kappa shape index (κ2) is 6.66. The van der Waals surface area contributed by atoms with Gasteiger partial charge >= 0.3 is 0 Å². The molecule has 0 radical (unpaired) electrons. The van der Waals surface area contributed by atoms with Gasteiger partial charge in [-0.05, 0) is 31.0 Å². The van der Waals surface area contributed by atoms with Gasteiger partial charge in [-0.25, -0.2) is 26.6 Å². The lowest BCUT2D eigenvalue weighted by Gasteiger charge is -2.16. The number of aryl methyl sites for hydroxylation is 1. The molecular formula is C17H13BrF3N3O3S. The summed E-state index contributed by atoms with van der Waals surface area (Å²) >= 11 is 3.10. The van der Waals surface area contributed by atoms with Crippen molar-refractivity contribution in [2.75, 3.05) is 10.0 Å². The van der Waals surface area contributed by atoms with E-state index in [4.69, 9.17) is 4.42 Å². The number of halogens is 4. The summed E-state index contributed by atoms with van der Waals surface area (Å²) in [5.41, 5.74) is -1.86. The molecule has 0 bridgehead atoms. The summed E-state index contributed by atoms with van der Waals surface area (Å²) in [4.78, 5) is 3.78. The fourth-order valence-corrected chi connectivity index (χ4v) is 4.46. The molecule has 1 heterocycles. The molecule has 0 amide bonds. The number of oxazole rings is 1. The lowest BCUT2D eigenvalue weighted by Crippen LogP contribution is -2.19. The van der Waals surface area contributed by atoms with Crippen LogP contribution < -0.4 is 10.0 Å². The van der Waals surface area contributed by atoms with E-state index in [1.807, 2.05) is 0 Å². The Bertz CT molecular complexity index is 1210. The number of fused-ring (bicyclic) bond motifs is 1. The standard InChI is InChI=1S/C17H13BrF3N3O3S/c1-7-22-15-13(21)12(20)14(23-11-5-2-8(18)6-10(11)19)16(17(15)27-7)24-28(25,26)9-3-4-9/h2,5-6,9,23-24H,3-4H2,1H3. The van der Waals surface area contributed by atoms with Gasteiger partial charge in [0.1, 0.15) is 17.2 Å². The van der Waals surface area contributed by atoms with Crippen molar-refractivity contribution >= 4 is 54.1 Å². The van der Waals surface area contributed by atoms with Crippen molar-refractivity contribution in [3.8, 4) is 0 Å². The normalized spacial score (nSPS) is 14.5. The Morgan fingerprint density at radius 2 is 1.89 bits per heavy atom. The van der Waals surface area contributed by atoms with Gasteiger partial charge in [0.15, 0.2) is 28.6 Å². The summed E-state index contributed by atoms with van der Waals surface area (Å²) in [7, 11) is -3.85. The van der Waals surface area contributed by atoms with Crippen LogP contribution in [0.3, 0.4) is 0 Å². The van der Waals surface area contributed by atoms with Gasteiger partial charge in [-0.15, -0.1) is 0 Å². The third kappa shape index (κ3) is 3.32. The Balaban J connectivity index is 1.92. The minimum Gasteiger partial charge on any atom is -0.439 e. The molecule has 1 saturated carbocycles. The van der Waals surface area contributed by atoms with E-state index < -0.39 is 43.9 Å². The van der Waals surface area contributed by atoms with Crippen molar-refractivity contribution in [1.82, 2.24) is 4.98 Å². The van der Waals surface area contributed by atoms with Crippen LogP contribution in [0.2, 0.25) is 0 Å². The summed E-state index contributed by atoms with van der Waals surface area (Å²) in [5.74, 6) is -3.47. The van der Waals surface area contributed by atoms with Crippen molar-refractivity contribution in [1.29, 1.82) is 0 Å². The fraction of sp³-hybridized carbons (Fsp3) is 0.235. The van der Waals surface area contributed by atoms with E-state index in [1.165, 1.54) is 19.1 Å². The van der Waals surface area contributed by atoms with Crippen molar-refractivity contribution in [3.05, 3.63) is 46.0 Å². The molecule has 2 aromatic carbocycles. The third-order valence-corrected chi connectivity index (χ3v) is 6.56. The van der Waals surface area contributed by atoms with Crippen LogP contribution in [0.4, 0.5) is 30.2 Å². The van der Waals surface area contributed by atoms with Crippen LogP contribution >= 0.6 is 15.9 Å². The molecule has 148 valence electrons. The first-order valence-corrected chi connectivity index (χ1v) is 10.5. The Labute approximate surface area is 166 Å². The fourth-order valence-electron chi connectivity index (χ4n) is 2.73. The maximum atomic E-state index is 14.8. The number of nitrogens with zero attached hydrogens (tertiary/aromatic N) is 1. The van der Waals surface area contributed by atoms with Gasteiger partial charge in [-0.3, -0.25) is 4.72 Å². The summed E-state index contributed by atoms with van der Waals surface area (Å²) < 4.78 is 76.4. The Hall–Kier alpha value is -2.27. The number of anilines is 3. The molecule has 2 N–H and O–H groups in total. The SMILES string of the molecule is Cc1nc2c(F)c(F)c(Nc3ccc(Br)cc3F)c(NS(=O)(=O)C3CC3)c2o1. The molecule has 28 heavy (non-hydrogen) atoms. The smallest absolute Gasteiger partial charge is 0.235 e. The monoisotopic (exact) mass is 475 g/mol. The maximum Gasteiger partial charge on any atom is 0.235 e. The predicted octanol–water partition coefficient (Wildman–Crippen LogP) is 4.96. The predicted molar refractivity (Wildman–Crippen MR) is 102 cm³/mol. The molecule has 1 fully saturated rings. The van der Waals surface area contributed by atoms with Crippen LogP contribution in [0.15, 0.2) is 27.1 Å². The van der Waals surface area contributed by atoms with Gasteiger partial charge in [0, 0.05) is 11.4 Å². The molecule has 0 saturated heterocycles. The third-order valence-electron chi connectivity index (χ3n) is 4.23. The van der Waals surface area contributed by atoms with Crippen molar-refractivity contribution in [3.63, 3.8) is 0 Å². The summed E-state index contributed by atoms with van der Waals surface area (Å²) in [6.07, 6.45) is 0.920. The zero-order valence-corrected chi connectivity index (χ0v) is 16.7. The Morgan fingerprint density at radius 1 is 1.18 bits per heavy atom. The van der Waals surface area contributed by atoms with Gasteiger partial charge in [-0.2, -0.15) is 0 Å². The van der Waals surface area contributed by atoms with Crippen LogP contribution in [0, 0.1) is 24.4 Å².